The molecule has 0 spiro atoms. The van der Waals surface area contributed by atoms with Gasteiger partial charge in [-0.2, -0.15) is 0 Å². The van der Waals surface area contributed by atoms with E-state index in [1.54, 1.807) is 0 Å². The Morgan fingerprint density at radius 2 is 2.11 bits per heavy atom. The van der Waals surface area contributed by atoms with E-state index in [1.165, 1.54) is 18.2 Å². The van der Waals surface area contributed by atoms with Gasteiger partial charge in [0.15, 0.2) is 0 Å². The maximum absolute atomic E-state index is 11.3. The molecule has 1 aromatic heterocycles. The van der Waals surface area contributed by atoms with E-state index < -0.39 is 0 Å². The van der Waals surface area contributed by atoms with Crippen LogP contribution in [0.3, 0.4) is 0 Å². The van der Waals surface area contributed by atoms with Gasteiger partial charge in [-0.1, -0.05) is 25.1 Å². The van der Waals surface area contributed by atoms with Crippen molar-refractivity contribution in [2.75, 3.05) is 7.11 Å². The third-order valence-electron chi connectivity index (χ3n) is 3.34. The van der Waals surface area contributed by atoms with Crippen molar-refractivity contribution < 1.29 is 9.53 Å². The largest absolute Gasteiger partial charge is 0.469 e. The Labute approximate surface area is 113 Å². The van der Waals surface area contributed by atoms with Crippen LogP contribution in [-0.4, -0.2) is 18.1 Å². The number of ether oxygens (including phenoxy) is 1. The molecule has 0 aliphatic carbocycles. The van der Waals surface area contributed by atoms with Crippen LogP contribution >= 0.6 is 0 Å². The highest BCUT2D eigenvalue weighted by molar-refractivity contribution is 5.85. The summed E-state index contributed by atoms with van der Waals surface area (Å²) in [6.45, 7) is 4.13. The van der Waals surface area contributed by atoms with Gasteiger partial charge in [-0.3, -0.25) is 9.78 Å². The van der Waals surface area contributed by atoms with Crippen LogP contribution in [0.25, 0.3) is 10.9 Å². The molecule has 1 heterocycles. The minimum absolute atomic E-state index is 0.172. The van der Waals surface area contributed by atoms with Crippen LogP contribution in [0.1, 0.15) is 30.2 Å². The van der Waals surface area contributed by atoms with E-state index in [2.05, 4.69) is 36.2 Å². The monoisotopic (exact) mass is 257 g/mol. The highest BCUT2D eigenvalue weighted by Crippen LogP contribution is 2.23. The SMILES string of the molecule is CCc1cccc2c(CCC(=O)OC)cc(C)nc12. The van der Waals surface area contributed by atoms with Crippen molar-refractivity contribution in [1.82, 2.24) is 4.98 Å². The number of para-hydroxylation sites is 1. The van der Waals surface area contributed by atoms with Gasteiger partial charge in [-0.05, 0) is 37.0 Å². The third-order valence-corrected chi connectivity index (χ3v) is 3.34. The van der Waals surface area contributed by atoms with Gasteiger partial charge in [0, 0.05) is 17.5 Å². The fourth-order valence-electron chi connectivity index (χ4n) is 2.35. The molecule has 0 radical (unpaired) electrons. The van der Waals surface area contributed by atoms with Crippen LogP contribution in [0.2, 0.25) is 0 Å². The molecule has 0 N–H and O–H groups in total. The molecular formula is C16H19NO2. The Balaban J connectivity index is 2.45. The van der Waals surface area contributed by atoms with Crippen molar-refractivity contribution in [3.8, 4) is 0 Å². The predicted octanol–water partition coefficient (Wildman–Crippen LogP) is 3.21. The predicted molar refractivity (Wildman–Crippen MR) is 76.2 cm³/mol. The van der Waals surface area contributed by atoms with Crippen molar-refractivity contribution in [3.63, 3.8) is 0 Å². The van der Waals surface area contributed by atoms with Crippen LogP contribution < -0.4 is 0 Å². The smallest absolute Gasteiger partial charge is 0.305 e. The highest BCUT2D eigenvalue weighted by Gasteiger charge is 2.09. The lowest BCUT2D eigenvalue weighted by Crippen LogP contribution is -2.03. The zero-order valence-electron chi connectivity index (χ0n) is 11.7. The van der Waals surface area contributed by atoms with Gasteiger partial charge in [0.25, 0.3) is 0 Å². The molecule has 0 saturated carbocycles. The fourth-order valence-corrected chi connectivity index (χ4v) is 2.35. The molecular weight excluding hydrogens is 238 g/mol. The van der Waals surface area contributed by atoms with Crippen LogP contribution in [0, 0.1) is 6.92 Å². The molecule has 0 unspecified atom stereocenters. The maximum Gasteiger partial charge on any atom is 0.305 e. The van der Waals surface area contributed by atoms with Crippen molar-refractivity contribution in [2.45, 2.75) is 33.1 Å². The summed E-state index contributed by atoms with van der Waals surface area (Å²) >= 11 is 0. The Kier molecular flexibility index (Phi) is 4.15. The van der Waals surface area contributed by atoms with E-state index in [1.807, 2.05) is 6.92 Å². The second-order valence-corrected chi connectivity index (χ2v) is 4.67. The number of aromatic nitrogens is 1. The molecule has 0 amide bonds. The fraction of sp³-hybridized carbons (Fsp3) is 0.375. The van der Waals surface area contributed by atoms with E-state index in [9.17, 15) is 4.79 Å². The molecule has 19 heavy (non-hydrogen) atoms. The molecule has 100 valence electrons. The van der Waals surface area contributed by atoms with Gasteiger partial charge < -0.3 is 4.74 Å². The lowest BCUT2D eigenvalue weighted by molar-refractivity contribution is -0.140. The summed E-state index contributed by atoms with van der Waals surface area (Å²) in [5.41, 5.74) is 4.47. The first-order chi connectivity index (χ1) is 9.15. The summed E-state index contributed by atoms with van der Waals surface area (Å²) < 4.78 is 4.70. The van der Waals surface area contributed by atoms with Crippen LogP contribution in [0.15, 0.2) is 24.3 Å². The zero-order valence-corrected chi connectivity index (χ0v) is 11.7. The minimum atomic E-state index is -0.172. The summed E-state index contributed by atoms with van der Waals surface area (Å²) in [4.78, 5) is 15.9. The van der Waals surface area contributed by atoms with E-state index in [4.69, 9.17) is 4.74 Å². The first kappa shape index (κ1) is 13.5. The van der Waals surface area contributed by atoms with E-state index in [0.29, 0.717) is 12.8 Å². The summed E-state index contributed by atoms with van der Waals surface area (Å²) in [5, 5.41) is 1.15. The number of fused-ring (bicyclic) bond motifs is 1. The average Bonchev–Trinajstić information content (AvgIpc) is 2.43. The topological polar surface area (TPSA) is 39.2 Å². The molecule has 1 aromatic carbocycles. The van der Waals surface area contributed by atoms with Gasteiger partial charge in [-0.15, -0.1) is 0 Å². The first-order valence-electron chi connectivity index (χ1n) is 6.60. The number of aryl methyl sites for hydroxylation is 3. The van der Waals surface area contributed by atoms with Crippen LogP contribution in [-0.2, 0) is 22.4 Å². The zero-order chi connectivity index (χ0) is 13.8. The number of hydrogen-bond acceptors (Lipinski definition) is 3. The van der Waals surface area contributed by atoms with Crippen molar-refractivity contribution in [1.29, 1.82) is 0 Å². The molecule has 2 rings (SSSR count). The summed E-state index contributed by atoms with van der Waals surface area (Å²) in [5.74, 6) is -0.172. The van der Waals surface area contributed by atoms with E-state index in [0.717, 1.165) is 23.0 Å². The van der Waals surface area contributed by atoms with Crippen LogP contribution in [0.5, 0.6) is 0 Å². The maximum atomic E-state index is 11.3. The van der Waals surface area contributed by atoms with E-state index >= 15 is 0 Å². The summed E-state index contributed by atoms with van der Waals surface area (Å²) in [6.07, 6.45) is 2.06. The molecule has 2 aromatic rings. The first-order valence-corrected chi connectivity index (χ1v) is 6.60. The molecule has 0 bridgehead atoms. The quantitative estimate of drug-likeness (QED) is 0.789. The number of esters is 1. The average molecular weight is 257 g/mol. The highest BCUT2D eigenvalue weighted by atomic mass is 16.5. The van der Waals surface area contributed by atoms with Gasteiger partial charge in [0.2, 0.25) is 0 Å². The van der Waals surface area contributed by atoms with Crippen molar-refractivity contribution in [2.24, 2.45) is 0 Å². The molecule has 0 atom stereocenters. The van der Waals surface area contributed by atoms with E-state index in [-0.39, 0.29) is 5.97 Å². The molecule has 0 aliphatic rings. The number of hydrogen-bond donors (Lipinski definition) is 0. The lowest BCUT2D eigenvalue weighted by atomic mass is 10.00. The number of benzene rings is 1. The standard InChI is InChI=1S/C16H19NO2/c1-4-12-6-5-7-14-13(8-9-15(18)19-3)10-11(2)17-16(12)14/h5-7,10H,4,8-9H2,1-3H3. The minimum Gasteiger partial charge on any atom is -0.469 e. The van der Waals surface area contributed by atoms with Crippen molar-refractivity contribution in [3.05, 3.63) is 41.1 Å². The Bertz CT molecular complexity index is 605. The van der Waals surface area contributed by atoms with Crippen molar-refractivity contribution >= 4 is 16.9 Å². The van der Waals surface area contributed by atoms with Crippen LogP contribution in [0.4, 0.5) is 0 Å². The van der Waals surface area contributed by atoms with Gasteiger partial charge >= 0.3 is 5.97 Å². The molecule has 3 heteroatoms. The Morgan fingerprint density at radius 1 is 1.32 bits per heavy atom. The second kappa shape index (κ2) is 5.83. The molecule has 3 nitrogen and oxygen atoms in total. The number of rotatable bonds is 4. The molecule has 0 fully saturated rings. The number of carbonyl (C=O) groups is 1. The van der Waals surface area contributed by atoms with Gasteiger partial charge in [-0.25, -0.2) is 0 Å². The third kappa shape index (κ3) is 2.92. The van der Waals surface area contributed by atoms with Gasteiger partial charge in [0.1, 0.15) is 0 Å². The summed E-state index contributed by atoms with van der Waals surface area (Å²) in [6, 6.07) is 8.30. The number of methoxy groups -OCH3 is 1. The normalized spacial score (nSPS) is 10.7. The number of carbonyl (C=O) groups excluding carboxylic acids is 1. The Hall–Kier alpha value is -1.90. The molecule has 0 aliphatic heterocycles. The number of nitrogens with zero attached hydrogens (tertiary/aromatic N) is 1. The molecule has 0 saturated heterocycles. The lowest BCUT2D eigenvalue weighted by Gasteiger charge is -2.10. The number of pyridine rings is 1. The van der Waals surface area contributed by atoms with Gasteiger partial charge in [0.05, 0.1) is 12.6 Å². The summed E-state index contributed by atoms with van der Waals surface area (Å²) in [7, 11) is 1.42. The Morgan fingerprint density at radius 3 is 2.79 bits per heavy atom. The second-order valence-electron chi connectivity index (χ2n) is 4.67.